The third-order valence-electron chi connectivity index (χ3n) is 1.85. The van der Waals surface area contributed by atoms with E-state index in [9.17, 15) is 4.79 Å². The van der Waals surface area contributed by atoms with E-state index < -0.39 is 5.69 Å². The van der Waals surface area contributed by atoms with Crippen LogP contribution < -0.4 is 11.4 Å². The van der Waals surface area contributed by atoms with Crippen LogP contribution in [-0.4, -0.2) is 19.5 Å². The Balaban J connectivity index is 2.90. The van der Waals surface area contributed by atoms with Crippen LogP contribution in [0.25, 0.3) is 11.2 Å². The molecule has 3 N–H and O–H groups in total. The molecular formula is C7H9N5O. The summed E-state index contributed by atoms with van der Waals surface area (Å²) in [4.78, 5) is 21.2. The second-order valence-corrected chi connectivity index (χ2v) is 2.66. The van der Waals surface area contributed by atoms with Gasteiger partial charge in [-0.3, -0.25) is 4.98 Å². The number of nitrogen functional groups attached to an aromatic ring is 1. The van der Waals surface area contributed by atoms with Crippen LogP contribution in [0.5, 0.6) is 0 Å². The van der Waals surface area contributed by atoms with Crippen LogP contribution in [0, 0.1) is 0 Å². The minimum absolute atomic E-state index is 0.266. The van der Waals surface area contributed by atoms with Gasteiger partial charge in [0.05, 0.1) is 6.33 Å². The van der Waals surface area contributed by atoms with E-state index in [4.69, 9.17) is 5.73 Å². The topological polar surface area (TPSA) is 89.6 Å². The Kier molecular flexibility index (Phi) is 1.54. The van der Waals surface area contributed by atoms with Crippen LogP contribution in [-0.2, 0) is 6.54 Å². The monoisotopic (exact) mass is 179 g/mol. The Morgan fingerprint density at radius 3 is 3.15 bits per heavy atom. The maximum Gasteiger partial charge on any atom is 0.348 e. The van der Waals surface area contributed by atoms with E-state index >= 15 is 0 Å². The number of aromatic nitrogens is 4. The third kappa shape index (κ3) is 1.07. The lowest BCUT2D eigenvalue weighted by atomic mass is 10.5. The van der Waals surface area contributed by atoms with Gasteiger partial charge in [-0.05, 0) is 6.92 Å². The van der Waals surface area contributed by atoms with Crippen molar-refractivity contribution in [3.05, 3.63) is 16.8 Å². The highest BCUT2D eigenvalue weighted by Crippen LogP contribution is 2.11. The maximum absolute atomic E-state index is 11.0. The van der Waals surface area contributed by atoms with E-state index in [1.807, 2.05) is 6.92 Å². The molecule has 2 rings (SSSR count). The van der Waals surface area contributed by atoms with Crippen LogP contribution in [0.2, 0.25) is 0 Å². The number of nitrogens with one attached hydrogen (secondary N) is 1. The molecule has 68 valence electrons. The molecule has 0 fully saturated rings. The molecule has 0 aliphatic rings. The van der Waals surface area contributed by atoms with Crippen LogP contribution in [0.3, 0.4) is 0 Å². The average Bonchev–Trinajstić information content (AvgIpc) is 2.47. The number of anilines is 1. The number of rotatable bonds is 1. The number of nitrogens with zero attached hydrogens (tertiary/aromatic N) is 3. The molecule has 2 heterocycles. The SMILES string of the molecule is CCn1cnc2c(N)[nH]c(=O)nc21. The van der Waals surface area contributed by atoms with E-state index in [1.54, 1.807) is 10.9 Å². The molecule has 13 heavy (non-hydrogen) atoms. The molecule has 0 spiro atoms. The van der Waals surface area contributed by atoms with Crippen LogP contribution in [0.15, 0.2) is 11.1 Å². The van der Waals surface area contributed by atoms with Crippen molar-refractivity contribution in [2.45, 2.75) is 13.5 Å². The number of imidazole rings is 1. The predicted molar refractivity (Wildman–Crippen MR) is 48.2 cm³/mol. The normalized spacial score (nSPS) is 10.8. The van der Waals surface area contributed by atoms with Gasteiger partial charge >= 0.3 is 5.69 Å². The standard InChI is InChI=1S/C7H9N5O/c1-2-12-3-9-4-5(8)10-7(13)11-6(4)12/h3H,2H2,1H3,(H3,8,10,11,13). The molecule has 0 bridgehead atoms. The number of hydrogen-bond acceptors (Lipinski definition) is 4. The van der Waals surface area contributed by atoms with Gasteiger partial charge in [-0.1, -0.05) is 0 Å². The number of aromatic amines is 1. The molecule has 2 aromatic rings. The quantitative estimate of drug-likeness (QED) is 0.630. The number of nitrogens with two attached hydrogens (primary N) is 1. The lowest BCUT2D eigenvalue weighted by molar-refractivity contribution is 0.775. The molecule has 0 saturated carbocycles. The van der Waals surface area contributed by atoms with Crippen molar-refractivity contribution in [2.75, 3.05) is 5.73 Å². The summed E-state index contributed by atoms with van der Waals surface area (Å²) in [5.41, 5.74) is 6.18. The summed E-state index contributed by atoms with van der Waals surface area (Å²) in [6, 6.07) is 0. The van der Waals surface area contributed by atoms with Gasteiger partial charge in [0.15, 0.2) is 5.65 Å². The van der Waals surface area contributed by atoms with E-state index in [2.05, 4.69) is 15.0 Å². The van der Waals surface area contributed by atoms with Crippen molar-refractivity contribution in [1.29, 1.82) is 0 Å². The van der Waals surface area contributed by atoms with Crippen molar-refractivity contribution in [3.8, 4) is 0 Å². The first-order chi connectivity index (χ1) is 6.22. The summed E-state index contributed by atoms with van der Waals surface area (Å²) < 4.78 is 1.76. The highest BCUT2D eigenvalue weighted by atomic mass is 16.1. The third-order valence-corrected chi connectivity index (χ3v) is 1.85. The van der Waals surface area contributed by atoms with Gasteiger partial charge in [0, 0.05) is 6.54 Å². The molecule has 0 aromatic carbocycles. The Labute approximate surface area is 73.4 Å². The second-order valence-electron chi connectivity index (χ2n) is 2.66. The first-order valence-electron chi connectivity index (χ1n) is 3.93. The molecule has 0 unspecified atom stereocenters. The van der Waals surface area contributed by atoms with Crippen LogP contribution in [0.1, 0.15) is 6.92 Å². The zero-order valence-corrected chi connectivity index (χ0v) is 7.11. The smallest absolute Gasteiger partial charge is 0.348 e. The molecule has 6 nitrogen and oxygen atoms in total. The lowest BCUT2D eigenvalue weighted by Crippen LogP contribution is -2.13. The van der Waals surface area contributed by atoms with Crippen LogP contribution >= 0.6 is 0 Å². The van der Waals surface area contributed by atoms with E-state index in [1.165, 1.54) is 0 Å². The van der Waals surface area contributed by atoms with E-state index in [0.29, 0.717) is 17.7 Å². The van der Waals surface area contributed by atoms with Gasteiger partial charge in [-0.2, -0.15) is 4.98 Å². The molecule has 0 saturated heterocycles. The first-order valence-corrected chi connectivity index (χ1v) is 3.93. The van der Waals surface area contributed by atoms with Crippen molar-refractivity contribution in [1.82, 2.24) is 19.5 Å². The summed E-state index contributed by atoms with van der Waals surface area (Å²) >= 11 is 0. The Morgan fingerprint density at radius 2 is 2.46 bits per heavy atom. The molecule has 0 atom stereocenters. The number of aryl methyl sites for hydroxylation is 1. The summed E-state index contributed by atoms with van der Waals surface area (Å²) in [7, 11) is 0. The summed E-state index contributed by atoms with van der Waals surface area (Å²) in [5.74, 6) is 0.266. The Bertz CT molecular complexity index is 497. The molecule has 0 amide bonds. The predicted octanol–water partition coefficient (Wildman–Crippen LogP) is -0.278. The zero-order valence-electron chi connectivity index (χ0n) is 7.11. The van der Waals surface area contributed by atoms with Crippen molar-refractivity contribution in [2.24, 2.45) is 0 Å². The Morgan fingerprint density at radius 1 is 1.69 bits per heavy atom. The second kappa shape index (κ2) is 2.58. The fourth-order valence-corrected chi connectivity index (χ4v) is 1.21. The minimum Gasteiger partial charge on any atom is -0.383 e. The van der Waals surface area contributed by atoms with E-state index in [0.717, 1.165) is 0 Å². The highest BCUT2D eigenvalue weighted by Gasteiger charge is 2.06. The Hall–Kier alpha value is -1.85. The largest absolute Gasteiger partial charge is 0.383 e. The zero-order chi connectivity index (χ0) is 9.42. The van der Waals surface area contributed by atoms with Crippen LogP contribution in [0.4, 0.5) is 5.82 Å². The highest BCUT2D eigenvalue weighted by molar-refractivity contribution is 5.80. The molecule has 0 aliphatic heterocycles. The van der Waals surface area contributed by atoms with Crippen molar-refractivity contribution < 1.29 is 0 Å². The number of fused-ring (bicyclic) bond motifs is 1. The van der Waals surface area contributed by atoms with Gasteiger partial charge in [0.1, 0.15) is 11.3 Å². The minimum atomic E-state index is -0.444. The number of H-pyrrole nitrogens is 1. The maximum atomic E-state index is 11.0. The van der Waals surface area contributed by atoms with Gasteiger partial charge < -0.3 is 10.3 Å². The molecular weight excluding hydrogens is 170 g/mol. The van der Waals surface area contributed by atoms with E-state index in [-0.39, 0.29) is 5.82 Å². The summed E-state index contributed by atoms with van der Waals surface area (Å²) in [6.45, 7) is 2.66. The van der Waals surface area contributed by atoms with Gasteiger partial charge in [-0.25, -0.2) is 9.78 Å². The average molecular weight is 179 g/mol. The summed E-state index contributed by atoms with van der Waals surface area (Å²) in [5, 5.41) is 0. The summed E-state index contributed by atoms with van der Waals surface area (Å²) in [6.07, 6.45) is 1.61. The fourth-order valence-electron chi connectivity index (χ4n) is 1.21. The first kappa shape index (κ1) is 7.78. The molecule has 0 radical (unpaired) electrons. The fraction of sp³-hybridized carbons (Fsp3) is 0.286. The van der Waals surface area contributed by atoms with Crippen molar-refractivity contribution in [3.63, 3.8) is 0 Å². The van der Waals surface area contributed by atoms with Gasteiger partial charge in [-0.15, -0.1) is 0 Å². The van der Waals surface area contributed by atoms with Gasteiger partial charge in [0.2, 0.25) is 0 Å². The van der Waals surface area contributed by atoms with Gasteiger partial charge in [0.25, 0.3) is 0 Å². The molecule has 0 aliphatic carbocycles. The lowest BCUT2D eigenvalue weighted by Gasteiger charge is -1.97. The van der Waals surface area contributed by atoms with Crippen molar-refractivity contribution >= 4 is 17.0 Å². The molecule has 2 aromatic heterocycles. The number of hydrogen-bond donors (Lipinski definition) is 2. The molecule has 6 heteroatoms.